The lowest BCUT2D eigenvalue weighted by Crippen LogP contribution is -2.04. The van der Waals surface area contributed by atoms with Crippen molar-refractivity contribution in [3.8, 4) is 11.8 Å². The van der Waals surface area contributed by atoms with Crippen molar-refractivity contribution in [2.45, 2.75) is 0 Å². The van der Waals surface area contributed by atoms with Crippen LogP contribution in [0.4, 0.5) is 0 Å². The number of nitrogens with zero attached hydrogens (tertiary/aromatic N) is 2. The molecular weight excluding hydrogens is 231 g/mol. The molecule has 0 atom stereocenters. The van der Waals surface area contributed by atoms with Crippen LogP contribution in [-0.4, -0.2) is 5.84 Å². The van der Waals surface area contributed by atoms with E-state index in [2.05, 4.69) is 22.2 Å². The fourth-order valence-corrected chi connectivity index (χ4v) is 1.25. The van der Waals surface area contributed by atoms with Crippen LogP contribution >= 0.6 is 23.2 Å². The topological polar surface area (TPSA) is 26.5 Å². The van der Waals surface area contributed by atoms with Crippen LogP contribution in [0.5, 0.6) is 0 Å². The van der Waals surface area contributed by atoms with Crippen LogP contribution in [0.3, 0.4) is 0 Å². The summed E-state index contributed by atoms with van der Waals surface area (Å²) in [6.45, 7) is 0. The standard InChI is InChI=1S/C11H5Cl2N2/c12-10-11(13)15-9(14-10)7-6-8-4-2-1-3-5-8/h1-5H. The second-order valence-corrected chi connectivity index (χ2v) is 3.46. The molecule has 2 rings (SSSR count). The van der Waals surface area contributed by atoms with Crippen molar-refractivity contribution in [3.05, 3.63) is 46.2 Å². The first-order valence-electron chi connectivity index (χ1n) is 4.18. The van der Waals surface area contributed by atoms with Gasteiger partial charge in [0.2, 0.25) is 5.84 Å². The molecule has 1 radical (unpaired) electrons. The van der Waals surface area contributed by atoms with E-state index < -0.39 is 0 Å². The molecule has 0 saturated heterocycles. The molecule has 0 saturated carbocycles. The number of amidine groups is 1. The van der Waals surface area contributed by atoms with Gasteiger partial charge in [0.25, 0.3) is 0 Å². The maximum atomic E-state index is 5.64. The molecule has 1 aromatic carbocycles. The van der Waals surface area contributed by atoms with E-state index in [1.54, 1.807) is 0 Å². The van der Waals surface area contributed by atoms with Gasteiger partial charge in [-0.05, 0) is 18.1 Å². The van der Waals surface area contributed by atoms with Gasteiger partial charge in [-0.2, -0.15) is 0 Å². The molecule has 0 amide bonds. The highest BCUT2D eigenvalue weighted by atomic mass is 35.5. The summed E-state index contributed by atoms with van der Waals surface area (Å²) in [7, 11) is 0. The van der Waals surface area contributed by atoms with Gasteiger partial charge in [0, 0.05) is 5.56 Å². The van der Waals surface area contributed by atoms with Crippen molar-refractivity contribution in [3.63, 3.8) is 0 Å². The van der Waals surface area contributed by atoms with Crippen molar-refractivity contribution in [1.82, 2.24) is 5.32 Å². The van der Waals surface area contributed by atoms with Crippen LogP contribution in [0.2, 0.25) is 0 Å². The molecule has 0 aromatic heterocycles. The van der Waals surface area contributed by atoms with E-state index in [1.807, 2.05) is 30.3 Å². The van der Waals surface area contributed by atoms with E-state index in [1.165, 1.54) is 0 Å². The lowest BCUT2D eigenvalue weighted by atomic mass is 10.2. The third kappa shape index (κ3) is 2.53. The average Bonchev–Trinajstić information content (AvgIpc) is 2.57. The highest BCUT2D eigenvalue weighted by Gasteiger charge is 2.13. The maximum absolute atomic E-state index is 5.64. The van der Waals surface area contributed by atoms with Gasteiger partial charge in [0.05, 0.1) is 0 Å². The number of hydrogen-bond donors (Lipinski definition) is 0. The third-order valence-corrected chi connectivity index (χ3v) is 2.29. The smallest absolute Gasteiger partial charge is 0.205 e. The lowest BCUT2D eigenvalue weighted by molar-refractivity contribution is 1.27. The molecule has 0 fully saturated rings. The number of hydrogen-bond acceptors (Lipinski definition) is 1. The maximum Gasteiger partial charge on any atom is 0.208 e. The first kappa shape index (κ1) is 10.1. The summed E-state index contributed by atoms with van der Waals surface area (Å²) in [5.74, 6) is 6.03. The lowest BCUT2D eigenvalue weighted by Gasteiger charge is -1.88. The molecule has 15 heavy (non-hydrogen) atoms. The summed E-state index contributed by atoms with van der Waals surface area (Å²) in [6, 6.07) is 9.56. The Bertz CT molecular complexity index is 492. The van der Waals surface area contributed by atoms with Crippen LogP contribution in [0, 0.1) is 11.8 Å². The van der Waals surface area contributed by atoms with E-state index in [9.17, 15) is 0 Å². The summed E-state index contributed by atoms with van der Waals surface area (Å²) >= 11 is 11.3. The average molecular weight is 236 g/mol. The van der Waals surface area contributed by atoms with Gasteiger partial charge in [-0.15, -0.1) is 0 Å². The van der Waals surface area contributed by atoms with Crippen molar-refractivity contribution in [2.24, 2.45) is 4.99 Å². The second-order valence-electron chi connectivity index (χ2n) is 2.74. The molecule has 2 nitrogen and oxygen atoms in total. The highest BCUT2D eigenvalue weighted by Crippen LogP contribution is 2.18. The van der Waals surface area contributed by atoms with Gasteiger partial charge >= 0.3 is 0 Å². The van der Waals surface area contributed by atoms with Crippen molar-refractivity contribution in [2.75, 3.05) is 0 Å². The molecule has 1 aliphatic rings. The van der Waals surface area contributed by atoms with Crippen LogP contribution < -0.4 is 5.32 Å². The molecule has 0 bridgehead atoms. The van der Waals surface area contributed by atoms with Gasteiger partial charge in [-0.25, -0.2) is 10.3 Å². The van der Waals surface area contributed by atoms with E-state index >= 15 is 0 Å². The van der Waals surface area contributed by atoms with Gasteiger partial charge in [0.1, 0.15) is 0 Å². The fourth-order valence-electron chi connectivity index (χ4n) is 1.01. The summed E-state index contributed by atoms with van der Waals surface area (Å²) in [5.41, 5.74) is 0.898. The van der Waals surface area contributed by atoms with Gasteiger partial charge in [-0.3, -0.25) is 0 Å². The first-order chi connectivity index (χ1) is 7.25. The van der Waals surface area contributed by atoms with Gasteiger partial charge in [-0.1, -0.05) is 47.3 Å². The van der Waals surface area contributed by atoms with Crippen LogP contribution in [0.1, 0.15) is 5.56 Å². The third-order valence-electron chi connectivity index (χ3n) is 1.67. The zero-order chi connectivity index (χ0) is 10.7. The van der Waals surface area contributed by atoms with Crippen molar-refractivity contribution >= 4 is 29.0 Å². The normalized spacial score (nSPS) is 14.1. The minimum Gasteiger partial charge on any atom is -0.205 e. The van der Waals surface area contributed by atoms with E-state index in [0.29, 0.717) is 5.84 Å². The Labute approximate surface area is 97.6 Å². The number of benzene rings is 1. The van der Waals surface area contributed by atoms with E-state index in [4.69, 9.17) is 23.2 Å². The monoisotopic (exact) mass is 235 g/mol. The number of aliphatic imine (C=N–C) groups is 1. The summed E-state index contributed by atoms with van der Waals surface area (Å²) in [5, 5.41) is 4.25. The molecule has 4 heteroatoms. The Kier molecular flexibility index (Phi) is 2.96. The zero-order valence-electron chi connectivity index (χ0n) is 7.54. The number of halogens is 2. The SMILES string of the molecule is ClC1=C(Cl)N=C(C#Cc2ccccc2)[N]1. The summed E-state index contributed by atoms with van der Waals surface area (Å²) in [6.07, 6.45) is 0. The molecule has 0 aliphatic carbocycles. The minimum atomic E-state index is 0.189. The predicted octanol–water partition coefficient (Wildman–Crippen LogP) is 2.66. The zero-order valence-corrected chi connectivity index (χ0v) is 9.05. The molecule has 1 heterocycles. The Morgan fingerprint density at radius 2 is 1.67 bits per heavy atom. The Morgan fingerprint density at radius 3 is 2.27 bits per heavy atom. The fraction of sp³-hybridized carbons (Fsp3) is 0. The Hall–Kier alpha value is -1.43. The van der Waals surface area contributed by atoms with Crippen LogP contribution in [0.25, 0.3) is 0 Å². The first-order valence-corrected chi connectivity index (χ1v) is 4.94. The van der Waals surface area contributed by atoms with Gasteiger partial charge < -0.3 is 0 Å². The molecule has 0 unspecified atom stereocenters. The molecule has 73 valence electrons. The quantitative estimate of drug-likeness (QED) is 0.489. The largest absolute Gasteiger partial charge is 0.208 e. The van der Waals surface area contributed by atoms with Crippen LogP contribution in [-0.2, 0) is 0 Å². The predicted molar refractivity (Wildman–Crippen MR) is 61.6 cm³/mol. The number of rotatable bonds is 0. The highest BCUT2D eigenvalue weighted by molar-refractivity contribution is 6.41. The molecule has 1 aliphatic heterocycles. The van der Waals surface area contributed by atoms with Crippen molar-refractivity contribution in [1.29, 1.82) is 0 Å². The van der Waals surface area contributed by atoms with E-state index in [0.717, 1.165) is 5.56 Å². The summed E-state index contributed by atoms with van der Waals surface area (Å²) < 4.78 is 0. The van der Waals surface area contributed by atoms with Crippen LogP contribution in [0.15, 0.2) is 45.6 Å². The second kappa shape index (κ2) is 4.39. The van der Waals surface area contributed by atoms with Gasteiger partial charge in [0.15, 0.2) is 10.3 Å². The summed E-state index contributed by atoms with van der Waals surface area (Å²) in [4.78, 5) is 3.87. The Balaban J connectivity index is 2.13. The minimum absolute atomic E-state index is 0.189. The van der Waals surface area contributed by atoms with Crippen molar-refractivity contribution < 1.29 is 0 Å². The Morgan fingerprint density at radius 1 is 0.933 bits per heavy atom. The molecule has 0 N–H and O–H groups in total. The molecular formula is C11H5Cl2N2. The molecule has 0 spiro atoms. The van der Waals surface area contributed by atoms with E-state index in [-0.39, 0.29) is 10.3 Å². The molecule has 1 aromatic rings.